The lowest BCUT2D eigenvalue weighted by molar-refractivity contribution is -0.148. The van der Waals surface area contributed by atoms with E-state index in [-0.39, 0.29) is 139 Å². The van der Waals surface area contributed by atoms with Gasteiger partial charge in [-0.25, -0.2) is 9.59 Å². The van der Waals surface area contributed by atoms with E-state index in [4.69, 9.17) is 17.2 Å². The molecule has 0 spiro atoms. The number of aromatic nitrogens is 4. The molecule has 2 fully saturated rings. The zero-order valence-electron chi connectivity index (χ0n) is 67.4. The first-order valence-electron chi connectivity index (χ1n) is 40.6. The Morgan fingerprint density at radius 3 is 1.95 bits per heavy atom. The van der Waals surface area contributed by atoms with Crippen LogP contribution in [0.5, 0.6) is 5.75 Å². The maximum Gasteiger partial charge on any atom is 0.312 e. The number of aryl methyl sites for hydroxylation is 2. The fraction of sp³-hybridized carbons (Fsp3) is 0.580. The van der Waals surface area contributed by atoms with Crippen LogP contribution >= 0.6 is 21.6 Å². The molecule has 2 aromatic carbocycles. The first-order chi connectivity index (χ1) is 57.2. The van der Waals surface area contributed by atoms with Gasteiger partial charge in [0.2, 0.25) is 41.4 Å². The minimum atomic E-state index is -1.89. The number of hydrogen-bond acceptors (Lipinski definition) is 24. The largest absolute Gasteiger partial charge is 0.508 e. The van der Waals surface area contributed by atoms with Crippen LogP contribution in [0, 0.1) is 35.5 Å². The van der Waals surface area contributed by atoms with Crippen LogP contribution in [-0.4, -0.2) is 225 Å². The number of Topliss-reactive ketones (excluding diaryl/α,β-unsaturated/α-hetero) is 7. The number of unbranched alkanes of at least 4 members (excludes halogenated alkanes) is 2. The standard InChI is InChI=1S/C81H111N15O22S2/c1-3-4-5-13-55(98)24-26-71(107)88-61-43-119-120-44-62-67(103)34-47(11-8-28-85-80(83)117)74(110)90-60(33-53-41-87-58-15-7-6-14-57(53)58)65(101)35-50(20-25-70(82)106)76(112)89-59(64(100)39-52(79(115)116)32-46-17-22-56(99)23-18-46)27-31-95-42-54(93-94-95)21-19-49(36-66(61)102)77(113)92-73(45(2)97)69(105)38-51(40-72(108)109)78(114)96-30-10-16-63(96)68(104)37-48(75(111)91-62)12-9-29-86-81(84)118/h6-7,14-15,17-18,22-23,41-42,45,47-52,59-63,73,87,97,99H,3-5,8-13,16,19-21,24-40,43-44H2,1-2H3,(H2,82,106)(H,88,107)(H,89,112)(H,90,110)(H,91,111)(H,92,113)(H,108,109)(H,115,116)(H3,83,85,117)(H3,84,86,118)/t45-,47-,48-,49-,50-,51+,52-,59+,60+,61+,62+,63+,73+/m1/s1. The molecule has 3 aliphatic rings. The summed E-state index contributed by atoms with van der Waals surface area (Å²) < 4.78 is 1.25. The number of carbonyl (C=O) groups is 18. The quantitative estimate of drug-likeness (QED) is 0.0263. The minimum Gasteiger partial charge on any atom is -0.508 e. The number of nitrogens with two attached hydrogens (primary N) is 3. The van der Waals surface area contributed by atoms with E-state index in [0.29, 0.717) is 28.5 Å². The Morgan fingerprint density at radius 1 is 0.650 bits per heavy atom. The summed E-state index contributed by atoms with van der Waals surface area (Å²) in [6.07, 6.45) is -5.19. The number of urea groups is 2. The average molecular weight is 1710 g/mol. The molecule has 2 saturated heterocycles. The monoisotopic (exact) mass is 1710 g/mol. The van der Waals surface area contributed by atoms with Crippen molar-refractivity contribution in [3.05, 3.63) is 77.7 Å². The van der Waals surface area contributed by atoms with E-state index in [1.807, 2.05) is 6.92 Å². The fourth-order valence-electron chi connectivity index (χ4n) is 15.0. The molecule has 4 bridgehead atoms. The van der Waals surface area contributed by atoms with Crippen LogP contribution in [0.2, 0.25) is 0 Å². The number of aliphatic carboxylic acids is 2. The van der Waals surface area contributed by atoms with Crippen molar-refractivity contribution in [3.8, 4) is 5.75 Å². The van der Waals surface area contributed by atoms with Crippen molar-refractivity contribution >= 4 is 138 Å². The molecule has 0 saturated carbocycles. The summed E-state index contributed by atoms with van der Waals surface area (Å²) in [5.41, 5.74) is 18.2. The van der Waals surface area contributed by atoms with Gasteiger partial charge in [-0.2, -0.15) is 0 Å². The zero-order chi connectivity index (χ0) is 87.7. The third-order valence-electron chi connectivity index (χ3n) is 21.7. The number of carboxylic acid groups (broad SMARTS) is 2. The summed E-state index contributed by atoms with van der Waals surface area (Å²) in [7, 11) is 1.81. The summed E-state index contributed by atoms with van der Waals surface area (Å²) in [4.78, 5) is 260. The Hall–Kier alpha value is -11.0. The first kappa shape index (κ1) is 96.2. The number of hydrogen-bond donors (Lipinski definition) is 15. The molecule has 4 aromatic rings. The first-order valence-corrected chi connectivity index (χ1v) is 43.1. The predicted molar refractivity (Wildman–Crippen MR) is 437 cm³/mol. The van der Waals surface area contributed by atoms with E-state index < -0.39 is 241 Å². The van der Waals surface area contributed by atoms with Crippen molar-refractivity contribution < 1.29 is 107 Å². The molecule has 7 rings (SSSR count). The molecule has 0 radical (unpaired) electrons. The topological polar surface area (TPSA) is 600 Å². The molecule has 37 nitrogen and oxygen atoms in total. The number of nitrogens with one attached hydrogen (secondary N) is 8. The predicted octanol–water partition coefficient (Wildman–Crippen LogP) is 2.58. The van der Waals surface area contributed by atoms with Crippen molar-refractivity contribution in [2.75, 3.05) is 31.1 Å². The van der Waals surface area contributed by atoms with E-state index >= 15 is 33.6 Å². The molecular weight excluding hydrogens is 1600 g/mol. The lowest BCUT2D eigenvalue weighted by Gasteiger charge is -2.30. The number of phenolic OH excluding ortho intramolecular Hbond substituents is 1. The Labute approximate surface area is 700 Å². The van der Waals surface area contributed by atoms with Crippen molar-refractivity contribution in [1.82, 2.24) is 62.1 Å². The smallest absolute Gasteiger partial charge is 0.312 e. The number of phenols is 1. The van der Waals surface area contributed by atoms with Gasteiger partial charge in [0.05, 0.1) is 60.3 Å². The third kappa shape index (κ3) is 31.3. The lowest BCUT2D eigenvalue weighted by atomic mass is 9.88. The average Bonchev–Trinajstić information content (AvgIpc) is 1.51. The number of carboxylic acids is 2. The molecule has 39 heteroatoms. The van der Waals surface area contributed by atoms with E-state index in [9.17, 15) is 73.2 Å². The normalized spacial score (nSPS) is 23.4. The van der Waals surface area contributed by atoms with Gasteiger partial charge in [0, 0.05) is 155 Å². The number of aliphatic hydroxyl groups excluding tert-OH is 1. The van der Waals surface area contributed by atoms with Gasteiger partial charge in [0.1, 0.15) is 17.6 Å². The number of fused-ring (bicyclic) bond motifs is 12. The third-order valence-corrected chi connectivity index (χ3v) is 24.1. The summed E-state index contributed by atoms with van der Waals surface area (Å²) in [6, 6.07) is 1.12. The highest BCUT2D eigenvalue weighted by Crippen LogP contribution is 2.32. The second-order valence-corrected chi connectivity index (χ2v) is 33.6. The number of rotatable bonds is 30. The Bertz CT molecular complexity index is 4330. The number of para-hydroxylation sites is 1. The summed E-state index contributed by atoms with van der Waals surface area (Å²) in [6.45, 7) is 2.41. The minimum absolute atomic E-state index is 0.00664. The molecule has 3 aliphatic heterocycles. The molecular formula is C81H111N15O22S2. The van der Waals surface area contributed by atoms with Crippen LogP contribution in [0.4, 0.5) is 9.59 Å². The van der Waals surface area contributed by atoms with Crippen LogP contribution in [0.15, 0.2) is 60.9 Å². The molecule has 18 N–H and O–H groups in total. The number of nitrogens with zero attached hydrogens (tertiary/aromatic N) is 4. The maximum atomic E-state index is 15.6. The number of carbonyl (C=O) groups excluding carboxylic acids is 16. The molecule has 13 atom stereocenters. The van der Waals surface area contributed by atoms with Crippen LogP contribution in [0.25, 0.3) is 10.9 Å². The summed E-state index contributed by atoms with van der Waals surface area (Å²) in [5.74, 6) is -24.6. The molecule has 654 valence electrons. The highest BCUT2D eigenvalue weighted by Gasteiger charge is 2.43. The van der Waals surface area contributed by atoms with Crippen LogP contribution in [-0.2, 0) is 103 Å². The van der Waals surface area contributed by atoms with E-state index in [1.165, 1.54) is 35.1 Å². The number of benzene rings is 2. The Morgan fingerprint density at radius 2 is 1.29 bits per heavy atom. The van der Waals surface area contributed by atoms with Crippen molar-refractivity contribution in [2.24, 2.45) is 52.7 Å². The van der Waals surface area contributed by atoms with Gasteiger partial charge in [-0.15, -0.1) is 5.10 Å². The number of H-pyrrole nitrogens is 1. The van der Waals surface area contributed by atoms with Gasteiger partial charge in [-0.3, -0.25) is 81.4 Å². The number of primary amides is 3. The van der Waals surface area contributed by atoms with Crippen molar-refractivity contribution in [3.63, 3.8) is 0 Å². The second kappa shape index (κ2) is 48.3. The van der Waals surface area contributed by atoms with Gasteiger partial charge in [0.25, 0.3) is 0 Å². The highest BCUT2D eigenvalue weighted by molar-refractivity contribution is 8.76. The van der Waals surface area contributed by atoms with Crippen molar-refractivity contribution in [1.29, 1.82) is 0 Å². The SMILES string of the molecule is CCCCCC(=O)CCC(=O)N[C@H]1CSSC[C@@H]2NC(=O)[C@H](CCCNC(N)=O)CC(=O)[C@@H]3CCCN3C(=O)[C@H](CC(=O)O)CC(=O)[C@H]([C@@H](C)O)NC(=O)[C@H](CCc3cn(nn3)CC[C@@H](C(=O)C[C@@H](Cc3ccc(O)cc3)C(=O)O)NC(=O)[C@H](CCC(N)=O)CC(=O)[C@H](Cc3c[nH]c4ccccc34)NC(=O)[C@H](CCCNC(N)=O)CC2=O)CC1=O. The molecule has 5 heterocycles. The van der Waals surface area contributed by atoms with Crippen LogP contribution in [0.1, 0.15) is 178 Å². The summed E-state index contributed by atoms with van der Waals surface area (Å²) in [5, 5.41) is 69.7. The van der Waals surface area contributed by atoms with E-state index in [1.54, 1.807) is 30.5 Å². The van der Waals surface area contributed by atoms with Gasteiger partial charge in [-0.1, -0.05) is 76.9 Å². The molecule has 120 heavy (non-hydrogen) atoms. The van der Waals surface area contributed by atoms with Crippen molar-refractivity contribution in [2.45, 2.75) is 230 Å². The van der Waals surface area contributed by atoms with Gasteiger partial charge in [0.15, 0.2) is 34.7 Å². The Kier molecular flexibility index (Phi) is 38.7. The highest BCUT2D eigenvalue weighted by atomic mass is 33.1. The number of aliphatic hydroxyl groups is 1. The van der Waals surface area contributed by atoms with Gasteiger partial charge in [-0.05, 0) is 113 Å². The van der Waals surface area contributed by atoms with E-state index in [0.717, 1.165) is 46.3 Å². The number of aromatic hydroxyl groups is 1. The van der Waals surface area contributed by atoms with Crippen LogP contribution < -0.4 is 54.4 Å². The van der Waals surface area contributed by atoms with Crippen LogP contribution in [0.3, 0.4) is 0 Å². The second-order valence-electron chi connectivity index (χ2n) is 31.0. The molecule has 2 aromatic heterocycles. The zero-order valence-corrected chi connectivity index (χ0v) is 69.0. The number of amides is 11. The lowest BCUT2D eigenvalue weighted by Crippen LogP contribution is -2.52. The van der Waals surface area contributed by atoms with Gasteiger partial charge >= 0.3 is 24.0 Å². The maximum absolute atomic E-state index is 15.6. The molecule has 11 amide bonds. The molecule has 0 aliphatic carbocycles. The van der Waals surface area contributed by atoms with Gasteiger partial charge < -0.3 is 84.7 Å². The summed E-state index contributed by atoms with van der Waals surface area (Å²) >= 11 is 0. The fourth-order valence-corrected chi connectivity index (χ4v) is 17.4. The number of ketones is 7. The van der Waals surface area contributed by atoms with E-state index in [2.05, 4.69) is 52.5 Å². The molecule has 0 unspecified atom stereocenters. The number of aromatic amines is 1. The Balaban J connectivity index is 1.42.